The topological polar surface area (TPSA) is 42.0 Å². The fourth-order valence-corrected chi connectivity index (χ4v) is 1.65. The molecule has 0 spiro atoms. The summed E-state index contributed by atoms with van der Waals surface area (Å²) < 4.78 is 0. The Hall–Kier alpha value is -1.61. The summed E-state index contributed by atoms with van der Waals surface area (Å²) in [5.41, 5.74) is 0.620. The molecule has 1 aromatic heterocycles. The predicted octanol–water partition coefficient (Wildman–Crippen LogP) is 2.85. The van der Waals surface area contributed by atoms with Crippen molar-refractivity contribution in [1.29, 1.82) is 0 Å². The van der Waals surface area contributed by atoms with Crippen molar-refractivity contribution in [1.82, 2.24) is 4.98 Å². The van der Waals surface area contributed by atoms with Crippen LogP contribution in [-0.4, -0.2) is 10.9 Å². The Bertz CT molecular complexity index is 525. The van der Waals surface area contributed by atoms with Gasteiger partial charge in [0.1, 0.15) is 0 Å². The van der Waals surface area contributed by atoms with Crippen LogP contribution in [0.5, 0.6) is 0 Å². The molecule has 0 aliphatic carbocycles. The molecule has 1 heterocycles. The third-order valence-electron chi connectivity index (χ3n) is 2.07. The fourth-order valence-electron chi connectivity index (χ4n) is 1.44. The van der Waals surface area contributed by atoms with Crippen LogP contribution in [0.25, 0.3) is 10.8 Å². The third kappa shape index (κ3) is 1.92. The average Bonchev–Trinajstić information content (AvgIpc) is 2.22. The number of hydrogen-bond donors (Lipinski definition) is 1. The van der Waals surface area contributed by atoms with Gasteiger partial charge in [0.05, 0.1) is 10.7 Å². The molecular formula is C11H9ClN2O. The van der Waals surface area contributed by atoms with Crippen LogP contribution in [-0.2, 0) is 4.79 Å². The number of carbonyl (C=O) groups excluding carboxylic acids is 1. The Morgan fingerprint density at radius 2 is 2.20 bits per heavy atom. The molecular weight excluding hydrogens is 212 g/mol. The summed E-state index contributed by atoms with van der Waals surface area (Å²) in [4.78, 5) is 15.0. The second-order valence-electron chi connectivity index (χ2n) is 3.20. The first-order chi connectivity index (χ1) is 7.18. The summed E-state index contributed by atoms with van der Waals surface area (Å²) in [5, 5.41) is 5.07. The van der Waals surface area contributed by atoms with E-state index in [0.29, 0.717) is 10.7 Å². The van der Waals surface area contributed by atoms with E-state index in [0.717, 1.165) is 10.8 Å². The average molecular weight is 221 g/mol. The molecule has 1 amide bonds. The van der Waals surface area contributed by atoms with E-state index in [4.69, 9.17) is 11.6 Å². The maximum Gasteiger partial charge on any atom is 0.221 e. The van der Waals surface area contributed by atoms with Gasteiger partial charge in [-0.25, -0.2) is 0 Å². The zero-order valence-corrected chi connectivity index (χ0v) is 8.88. The predicted molar refractivity (Wildman–Crippen MR) is 61.1 cm³/mol. The number of nitrogens with zero attached hydrogens (tertiary/aromatic N) is 1. The van der Waals surface area contributed by atoms with Crippen LogP contribution in [0.15, 0.2) is 30.6 Å². The van der Waals surface area contributed by atoms with Crippen molar-refractivity contribution in [2.75, 3.05) is 5.32 Å². The van der Waals surface area contributed by atoms with Crippen LogP contribution in [0.1, 0.15) is 6.92 Å². The van der Waals surface area contributed by atoms with E-state index in [2.05, 4.69) is 10.3 Å². The highest BCUT2D eigenvalue weighted by molar-refractivity contribution is 6.35. The largest absolute Gasteiger partial charge is 0.324 e. The summed E-state index contributed by atoms with van der Waals surface area (Å²) in [5.74, 6) is -0.145. The van der Waals surface area contributed by atoms with Crippen molar-refractivity contribution < 1.29 is 4.79 Å². The summed E-state index contributed by atoms with van der Waals surface area (Å²) in [6.45, 7) is 1.45. The first-order valence-electron chi connectivity index (χ1n) is 4.48. The molecule has 2 aromatic rings. The second kappa shape index (κ2) is 3.87. The molecule has 1 N–H and O–H groups in total. The van der Waals surface area contributed by atoms with Crippen LogP contribution in [0.4, 0.5) is 5.69 Å². The number of amides is 1. The number of carbonyl (C=O) groups is 1. The minimum absolute atomic E-state index is 0.145. The van der Waals surface area contributed by atoms with E-state index >= 15 is 0 Å². The first kappa shape index (κ1) is 9.93. The summed E-state index contributed by atoms with van der Waals surface area (Å²) in [6.07, 6.45) is 3.39. The van der Waals surface area contributed by atoms with Crippen molar-refractivity contribution in [2.45, 2.75) is 6.92 Å². The summed E-state index contributed by atoms with van der Waals surface area (Å²) in [6, 6.07) is 5.52. The number of nitrogens with one attached hydrogen (secondary N) is 1. The number of aromatic nitrogens is 1. The number of fused-ring (bicyclic) bond motifs is 1. The molecule has 0 radical (unpaired) electrons. The van der Waals surface area contributed by atoms with E-state index in [1.54, 1.807) is 18.5 Å². The zero-order chi connectivity index (χ0) is 10.8. The molecule has 0 aliphatic heterocycles. The zero-order valence-electron chi connectivity index (χ0n) is 8.12. The lowest BCUT2D eigenvalue weighted by molar-refractivity contribution is -0.114. The third-order valence-corrected chi connectivity index (χ3v) is 2.39. The van der Waals surface area contributed by atoms with E-state index in [1.807, 2.05) is 12.1 Å². The van der Waals surface area contributed by atoms with Gasteiger partial charge in [-0.2, -0.15) is 0 Å². The number of benzene rings is 1. The number of anilines is 1. The molecule has 4 heteroatoms. The van der Waals surface area contributed by atoms with E-state index in [-0.39, 0.29) is 5.91 Å². The highest BCUT2D eigenvalue weighted by atomic mass is 35.5. The highest BCUT2D eigenvalue weighted by Gasteiger charge is 2.06. The van der Waals surface area contributed by atoms with Gasteiger partial charge in [0.25, 0.3) is 0 Å². The lowest BCUT2D eigenvalue weighted by atomic mass is 10.1. The SMILES string of the molecule is CC(=O)Nc1c(Cl)ccc2ccncc12. The summed E-state index contributed by atoms with van der Waals surface area (Å²) in [7, 11) is 0. The lowest BCUT2D eigenvalue weighted by Crippen LogP contribution is -2.06. The Kier molecular flexibility index (Phi) is 2.56. The lowest BCUT2D eigenvalue weighted by Gasteiger charge is -2.08. The Balaban J connectivity index is 2.68. The van der Waals surface area contributed by atoms with Gasteiger partial charge in [-0.3, -0.25) is 9.78 Å². The van der Waals surface area contributed by atoms with E-state index in [9.17, 15) is 4.79 Å². The molecule has 0 saturated heterocycles. The molecule has 15 heavy (non-hydrogen) atoms. The van der Waals surface area contributed by atoms with Crippen molar-refractivity contribution >= 4 is 34.0 Å². The number of halogens is 1. The maximum absolute atomic E-state index is 11.0. The molecule has 0 unspecified atom stereocenters. The smallest absolute Gasteiger partial charge is 0.221 e. The normalized spacial score (nSPS) is 10.3. The standard InChI is InChI=1S/C11H9ClN2O/c1-7(15)14-11-9-6-13-5-4-8(9)2-3-10(11)12/h2-6H,1H3,(H,14,15). The van der Waals surface area contributed by atoms with Gasteiger partial charge in [0, 0.05) is 24.7 Å². The fraction of sp³-hybridized carbons (Fsp3) is 0.0909. The second-order valence-corrected chi connectivity index (χ2v) is 3.61. The Morgan fingerprint density at radius 1 is 1.40 bits per heavy atom. The van der Waals surface area contributed by atoms with E-state index in [1.165, 1.54) is 6.92 Å². The Labute approximate surface area is 92.1 Å². The Morgan fingerprint density at radius 3 is 2.93 bits per heavy atom. The molecule has 76 valence electrons. The molecule has 1 aromatic carbocycles. The number of rotatable bonds is 1. The first-order valence-corrected chi connectivity index (χ1v) is 4.86. The molecule has 2 rings (SSSR count). The minimum atomic E-state index is -0.145. The van der Waals surface area contributed by atoms with Crippen molar-refractivity contribution in [3.8, 4) is 0 Å². The van der Waals surface area contributed by atoms with Crippen LogP contribution in [0.2, 0.25) is 5.02 Å². The molecule has 0 saturated carbocycles. The number of pyridine rings is 1. The van der Waals surface area contributed by atoms with Crippen LogP contribution in [0.3, 0.4) is 0 Å². The van der Waals surface area contributed by atoms with Crippen molar-refractivity contribution in [3.05, 3.63) is 35.6 Å². The maximum atomic E-state index is 11.0. The van der Waals surface area contributed by atoms with Gasteiger partial charge in [-0.15, -0.1) is 0 Å². The summed E-state index contributed by atoms with van der Waals surface area (Å²) >= 11 is 6.00. The van der Waals surface area contributed by atoms with Crippen LogP contribution in [0, 0.1) is 0 Å². The monoisotopic (exact) mass is 220 g/mol. The van der Waals surface area contributed by atoms with Gasteiger partial charge in [-0.1, -0.05) is 17.7 Å². The van der Waals surface area contributed by atoms with Gasteiger partial charge in [-0.05, 0) is 17.5 Å². The molecule has 0 aliphatic rings. The van der Waals surface area contributed by atoms with Gasteiger partial charge < -0.3 is 5.32 Å². The molecule has 3 nitrogen and oxygen atoms in total. The van der Waals surface area contributed by atoms with E-state index < -0.39 is 0 Å². The number of hydrogen-bond acceptors (Lipinski definition) is 2. The molecule has 0 fully saturated rings. The van der Waals surface area contributed by atoms with Gasteiger partial charge in [0.2, 0.25) is 5.91 Å². The van der Waals surface area contributed by atoms with Crippen LogP contribution < -0.4 is 5.32 Å². The minimum Gasteiger partial charge on any atom is -0.324 e. The van der Waals surface area contributed by atoms with Crippen molar-refractivity contribution in [3.63, 3.8) is 0 Å². The molecule has 0 atom stereocenters. The quantitative estimate of drug-likeness (QED) is 0.803. The van der Waals surface area contributed by atoms with Gasteiger partial charge >= 0.3 is 0 Å². The highest BCUT2D eigenvalue weighted by Crippen LogP contribution is 2.30. The van der Waals surface area contributed by atoms with Crippen LogP contribution >= 0.6 is 11.6 Å². The molecule has 0 bridgehead atoms. The van der Waals surface area contributed by atoms with Gasteiger partial charge in [0.15, 0.2) is 0 Å². The van der Waals surface area contributed by atoms with Crippen molar-refractivity contribution in [2.24, 2.45) is 0 Å².